The topological polar surface area (TPSA) is 72.2 Å². The molecule has 1 aromatic rings. The van der Waals surface area contributed by atoms with Crippen molar-refractivity contribution in [2.75, 3.05) is 0 Å². The number of benzene rings is 1. The van der Waals surface area contributed by atoms with E-state index in [9.17, 15) is 9.59 Å². The van der Waals surface area contributed by atoms with E-state index in [2.05, 4.69) is 21.2 Å². The highest BCUT2D eigenvalue weighted by molar-refractivity contribution is 9.10. The van der Waals surface area contributed by atoms with E-state index in [1.165, 1.54) is 0 Å². The van der Waals surface area contributed by atoms with Crippen LogP contribution in [-0.4, -0.2) is 11.8 Å². The quantitative estimate of drug-likeness (QED) is 0.892. The van der Waals surface area contributed by atoms with E-state index in [1.54, 1.807) is 18.2 Å². The van der Waals surface area contributed by atoms with Crippen LogP contribution in [0.15, 0.2) is 28.7 Å². The van der Waals surface area contributed by atoms with Gasteiger partial charge < -0.3 is 11.1 Å². The number of hydrogen-bond donors (Lipinski definition) is 2. The zero-order valence-corrected chi connectivity index (χ0v) is 13.0. The SMILES string of the molecule is CC(C)(C)CC(=O)NC(C(N)=O)c1cccc(Br)c1. The van der Waals surface area contributed by atoms with Crippen molar-refractivity contribution in [1.29, 1.82) is 0 Å². The lowest BCUT2D eigenvalue weighted by Crippen LogP contribution is -2.38. The molecule has 5 heteroatoms. The Morgan fingerprint density at radius 3 is 2.47 bits per heavy atom. The largest absolute Gasteiger partial charge is 0.368 e. The molecule has 1 rings (SSSR count). The van der Waals surface area contributed by atoms with Gasteiger partial charge in [-0.05, 0) is 23.1 Å². The van der Waals surface area contributed by atoms with Crippen LogP contribution in [0.1, 0.15) is 38.8 Å². The minimum Gasteiger partial charge on any atom is -0.368 e. The Balaban J connectivity index is 2.85. The van der Waals surface area contributed by atoms with E-state index in [1.807, 2.05) is 26.8 Å². The Bertz CT molecular complexity index is 481. The van der Waals surface area contributed by atoms with Crippen LogP contribution in [0, 0.1) is 5.41 Å². The summed E-state index contributed by atoms with van der Waals surface area (Å²) in [4.78, 5) is 23.4. The molecule has 1 unspecified atom stereocenters. The maximum atomic E-state index is 11.9. The summed E-state index contributed by atoms with van der Waals surface area (Å²) in [6.45, 7) is 5.89. The first-order valence-corrected chi connectivity index (χ1v) is 6.82. The smallest absolute Gasteiger partial charge is 0.244 e. The number of nitrogens with one attached hydrogen (secondary N) is 1. The molecule has 0 spiro atoms. The van der Waals surface area contributed by atoms with Gasteiger partial charge in [0.05, 0.1) is 0 Å². The molecule has 0 heterocycles. The van der Waals surface area contributed by atoms with Gasteiger partial charge in [0.15, 0.2) is 0 Å². The van der Waals surface area contributed by atoms with Crippen LogP contribution in [0.4, 0.5) is 0 Å². The molecule has 19 heavy (non-hydrogen) atoms. The molecular weight excluding hydrogens is 308 g/mol. The lowest BCUT2D eigenvalue weighted by molar-refractivity contribution is -0.128. The first-order valence-electron chi connectivity index (χ1n) is 6.03. The summed E-state index contributed by atoms with van der Waals surface area (Å²) in [6, 6.07) is 6.38. The monoisotopic (exact) mass is 326 g/mol. The predicted octanol–water partition coefficient (Wildman–Crippen LogP) is 2.53. The zero-order valence-electron chi connectivity index (χ0n) is 11.4. The van der Waals surface area contributed by atoms with Gasteiger partial charge in [-0.2, -0.15) is 0 Å². The first-order chi connectivity index (χ1) is 8.69. The minimum atomic E-state index is -0.799. The number of carbonyl (C=O) groups excluding carboxylic acids is 2. The van der Waals surface area contributed by atoms with Crippen LogP contribution >= 0.6 is 15.9 Å². The highest BCUT2D eigenvalue weighted by atomic mass is 79.9. The maximum absolute atomic E-state index is 11.9. The average Bonchev–Trinajstić information content (AvgIpc) is 2.23. The number of halogens is 1. The molecular formula is C14H19BrN2O2. The molecule has 2 amide bonds. The van der Waals surface area contributed by atoms with Gasteiger partial charge in [0.2, 0.25) is 11.8 Å². The van der Waals surface area contributed by atoms with Gasteiger partial charge >= 0.3 is 0 Å². The molecule has 3 N–H and O–H groups in total. The molecule has 0 bridgehead atoms. The summed E-state index contributed by atoms with van der Waals surface area (Å²) in [5.41, 5.74) is 5.90. The van der Waals surface area contributed by atoms with Crippen LogP contribution in [0.3, 0.4) is 0 Å². The molecule has 0 aliphatic heterocycles. The van der Waals surface area contributed by atoms with E-state index in [4.69, 9.17) is 5.73 Å². The van der Waals surface area contributed by atoms with Gasteiger partial charge in [-0.3, -0.25) is 9.59 Å². The molecule has 4 nitrogen and oxygen atoms in total. The average molecular weight is 327 g/mol. The Labute approximate surface area is 121 Å². The van der Waals surface area contributed by atoms with E-state index in [0.717, 1.165) is 4.47 Å². The van der Waals surface area contributed by atoms with Crippen molar-refractivity contribution < 1.29 is 9.59 Å². The highest BCUT2D eigenvalue weighted by Crippen LogP contribution is 2.21. The van der Waals surface area contributed by atoms with Crippen LogP contribution in [-0.2, 0) is 9.59 Å². The molecule has 104 valence electrons. The second-order valence-corrected chi connectivity index (χ2v) is 6.61. The molecule has 0 fully saturated rings. The Morgan fingerprint density at radius 1 is 1.37 bits per heavy atom. The third-order valence-corrected chi connectivity index (χ3v) is 2.96. The molecule has 0 saturated heterocycles. The summed E-state index contributed by atoms with van der Waals surface area (Å²) in [5.74, 6) is -0.753. The standard InChI is InChI=1S/C14H19BrN2O2/c1-14(2,3)8-11(18)17-12(13(16)19)9-5-4-6-10(15)7-9/h4-7,12H,8H2,1-3H3,(H2,16,19)(H,17,18). The van der Waals surface area contributed by atoms with Crippen molar-refractivity contribution in [2.45, 2.75) is 33.2 Å². The molecule has 1 atom stereocenters. The summed E-state index contributed by atoms with van der Waals surface area (Å²) < 4.78 is 0.835. The van der Waals surface area contributed by atoms with Crippen molar-refractivity contribution >= 4 is 27.7 Å². The van der Waals surface area contributed by atoms with Crippen molar-refractivity contribution in [3.05, 3.63) is 34.3 Å². The molecule has 1 aromatic carbocycles. The van der Waals surface area contributed by atoms with Crippen molar-refractivity contribution in [3.8, 4) is 0 Å². The molecule has 0 aliphatic carbocycles. The third-order valence-electron chi connectivity index (χ3n) is 2.46. The van der Waals surface area contributed by atoms with Gasteiger partial charge in [-0.15, -0.1) is 0 Å². The summed E-state index contributed by atoms with van der Waals surface area (Å²) in [6.07, 6.45) is 0.338. The fourth-order valence-electron chi connectivity index (χ4n) is 1.70. The first kappa shape index (κ1) is 15.7. The van der Waals surface area contributed by atoms with Gasteiger partial charge in [0.1, 0.15) is 6.04 Å². The van der Waals surface area contributed by atoms with Crippen molar-refractivity contribution in [2.24, 2.45) is 11.1 Å². The normalized spacial score (nSPS) is 12.8. The number of nitrogens with two attached hydrogens (primary N) is 1. The number of hydrogen-bond acceptors (Lipinski definition) is 2. The van der Waals surface area contributed by atoms with Gasteiger partial charge in [0, 0.05) is 10.9 Å². The second-order valence-electron chi connectivity index (χ2n) is 5.70. The fraction of sp³-hybridized carbons (Fsp3) is 0.429. The van der Waals surface area contributed by atoms with Crippen LogP contribution in [0.25, 0.3) is 0 Å². The molecule has 0 radical (unpaired) electrons. The molecule has 0 aromatic heterocycles. The maximum Gasteiger partial charge on any atom is 0.244 e. The van der Waals surface area contributed by atoms with E-state index < -0.39 is 11.9 Å². The Morgan fingerprint density at radius 2 is 2.00 bits per heavy atom. The molecule has 0 saturated carbocycles. The van der Waals surface area contributed by atoms with Crippen LogP contribution in [0.2, 0.25) is 0 Å². The Kier molecular flexibility index (Phi) is 5.11. The number of rotatable bonds is 4. The lowest BCUT2D eigenvalue weighted by atomic mass is 9.91. The minimum absolute atomic E-state index is 0.135. The van der Waals surface area contributed by atoms with Crippen LogP contribution in [0.5, 0.6) is 0 Å². The number of carbonyl (C=O) groups is 2. The molecule has 0 aliphatic rings. The predicted molar refractivity (Wildman–Crippen MR) is 78.3 cm³/mol. The van der Waals surface area contributed by atoms with Crippen LogP contribution < -0.4 is 11.1 Å². The number of primary amides is 1. The Hall–Kier alpha value is -1.36. The van der Waals surface area contributed by atoms with Gasteiger partial charge in [-0.25, -0.2) is 0 Å². The summed E-state index contributed by atoms with van der Waals surface area (Å²) >= 11 is 3.33. The third kappa shape index (κ3) is 5.42. The van der Waals surface area contributed by atoms with E-state index in [0.29, 0.717) is 12.0 Å². The fourth-order valence-corrected chi connectivity index (χ4v) is 2.12. The zero-order chi connectivity index (χ0) is 14.6. The second kappa shape index (κ2) is 6.19. The van der Waals surface area contributed by atoms with Gasteiger partial charge in [-0.1, -0.05) is 48.8 Å². The van der Waals surface area contributed by atoms with Crippen molar-refractivity contribution in [3.63, 3.8) is 0 Å². The summed E-state index contributed by atoms with van der Waals surface area (Å²) in [7, 11) is 0. The van der Waals surface area contributed by atoms with Gasteiger partial charge in [0.25, 0.3) is 0 Å². The van der Waals surface area contributed by atoms with E-state index in [-0.39, 0.29) is 11.3 Å². The highest BCUT2D eigenvalue weighted by Gasteiger charge is 2.23. The summed E-state index contributed by atoms with van der Waals surface area (Å²) in [5, 5.41) is 2.68. The number of amides is 2. The van der Waals surface area contributed by atoms with Crippen molar-refractivity contribution in [1.82, 2.24) is 5.32 Å². The lowest BCUT2D eigenvalue weighted by Gasteiger charge is -2.21. The van der Waals surface area contributed by atoms with E-state index >= 15 is 0 Å².